The first-order chi connectivity index (χ1) is 8.72. The van der Waals surface area contributed by atoms with Crippen molar-refractivity contribution in [3.05, 3.63) is 41.1 Å². The van der Waals surface area contributed by atoms with E-state index in [2.05, 4.69) is 40.2 Å². The first kappa shape index (κ1) is 11.3. The van der Waals surface area contributed by atoms with Crippen molar-refractivity contribution in [3.8, 4) is 0 Å². The van der Waals surface area contributed by atoms with Crippen molar-refractivity contribution in [2.24, 2.45) is 0 Å². The van der Waals surface area contributed by atoms with Gasteiger partial charge in [-0.3, -0.25) is 0 Å². The van der Waals surface area contributed by atoms with Crippen molar-refractivity contribution < 1.29 is 4.42 Å². The fraction of sp³-hybridized carbons (Fsp3) is 0.429. The van der Waals surface area contributed by atoms with Crippen LogP contribution in [-0.4, -0.2) is 16.7 Å². The van der Waals surface area contributed by atoms with E-state index in [1.54, 1.807) is 0 Å². The molecule has 4 nitrogen and oxygen atoms in total. The Bertz CT molecular complexity index is 562. The zero-order valence-corrected chi connectivity index (χ0v) is 10.8. The van der Waals surface area contributed by atoms with Gasteiger partial charge in [-0.2, -0.15) is 0 Å². The Balaban J connectivity index is 1.87. The van der Waals surface area contributed by atoms with Crippen LogP contribution in [0.25, 0.3) is 0 Å². The Kier molecular flexibility index (Phi) is 2.78. The topological polar surface area (TPSA) is 42.2 Å². The molecule has 0 spiro atoms. The van der Waals surface area contributed by atoms with Crippen LogP contribution in [-0.2, 0) is 13.0 Å². The molecule has 1 aromatic heterocycles. The average molecular weight is 243 g/mol. The summed E-state index contributed by atoms with van der Waals surface area (Å²) in [4.78, 5) is 2.32. The lowest BCUT2D eigenvalue weighted by Gasteiger charge is -2.30. The second kappa shape index (κ2) is 4.44. The molecule has 0 bridgehead atoms. The molecular formula is C14H17N3O. The second-order valence-corrected chi connectivity index (χ2v) is 4.87. The van der Waals surface area contributed by atoms with Crippen LogP contribution in [0.15, 0.2) is 22.6 Å². The van der Waals surface area contributed by atoms with E-state index in [0.717, 1.165) is 13.0 Å². The highest BCUT2D eigenvalue weighted by atomic mass is 16.4. The number of anilines is 1. The Morgan fingerprint density at radius 1 is 1.28 bits per heavy atom. The molecule has 18 heavy (non-hydrogen) atoms. The van der Waals surface area contributed by atoms with Crippen molar-refractivity contribution in [2.75, 3.05) is 11.4 Å². The van der Waals surface area contributed by atoms with E-state index in [4.69, 9.17) is 4.42 Å². The lowest BCUT2D eigenvalue weighted by Crippen LogP contribution is -2.29. The molecule has 0 unspecified atom stereocenters. The number of nitrogens with zero attached hydrogens (tertiary/aromatic N) is 3. The van der Waals surface area contributed by atoms with Gasteiger partial charge in [0.05, 0.1) is 6.54 Å². The summed E-state index contributed by atoms with van der Waals surface area (Å²) in [5, 5.41) is 7.95. The summed E-state index contributed by atoms with van der Waals surface area (Å²) in [7, 11) is 0. The SMILES string of the molecule is Cc1ccc2c(c1)CCCN2Cc1nnc(C)o1. The van der Waals surface area contributed by atoms with E-state index < -0.39 is 0 Å². The third kappa shape index (κ3) is 2.10. The van der Waals surface area contributed by atoms with E-state index >= 15 is 0 Å². The molecule has 0 saturated carbocycles. The summed E-state index contributed by atoms with van der Waals surface area (Å²) in [5.41, 5.74) is 4.06. The minimum absolute atomic E-state index is 0.631. The highest BCUT2D eigenvalue weighted by Crippen LogP contribution is 2.28. The molecule has 2 heterocycles. The first-order valence-corrected chi connectivity index (χ1v) is 6.36. The van der Waals surface area contributed by atoms with Crippen LogP contribution in [0.3, 0.4) is 0 Å². The molecule has 0 amide bonds. The van der Waals surface area contributed by atoms with Crippen LogP contribution >= 0.6 is 0 Å². The fourth-order valence-electron chi connectivity index (χ4n) is 2.53. The molecule has 0 fully saturated rings. The fourth-order valence-corrected chi connectivity index (χ4v) is 2.53. The zero-order valence-electron chi connectivity index (χ0n) is 10.8. The number of rotatable bonds is 2. The Morgan fingerprint density at radius 2 is 2.17 bits per heavy atom. The largest absolute Gasteiger partial charge is 0.424 e. The van der Waals surface area contributed by atoms with Gasteiger partial charge in [0, 0.05) is 19.2 Å². The van der Waals surface area contributed by atoms with Crippen LogP contribution in [0, 0.1) is 13.8 Å². The molecule has 0 aliphatic carbocycles. The number of benzene rings is 1. The van der Waals surface area contributed by atoms with Crippen LogP contribution < -0.4 is 4.90 Å². The maximum atomic E-state index is 5.46. The summed E-state index contributed by atoms with van der Waals surface area (Å²) in [6.07, 6.45) is 2.35. The average Bonchev–Trinajstić information content (AvgIpc) is 2.75. The van der Waals surface area contributed by atoms with E-state index in [-0.39, 0.29) is 0 Å². The zero-order chi connectivity index (χ0) is 12.5. The van der Waals surface area contributed by atoms with Crippen LogP contribution in [0.1, 0.15) is 29.3 Å². The Morgan fingerprint density at radius 3 is 2.94 bits per heavy atom. The predicted octanol–water partition coefficient (Wildman–Crippen LogP) is 2.64. The quantitative estimate of drug-likeness (QED) is 0.813. The summed E-state index contributed by atoms with van der Waals surface area (Å²) in [5.74, 6) is 1.33. The van der Waals surface area contributed by atoms with Gasteiger partial charge in [-0.05, 0) is 31.4 Å². The Hall–Kier alpha value is -1.84. The molecule has 1 aliphatic rings. The van der Waals surface area contributed by atoms with E-state index in [9.17, 15) is 0 Å². The molecule has 1 aliphatic heterocycles. The molecule has 0 N–H and O–H groups in total. The molecule has 3 rings (SSSR count). The van der Waals surface area contributed by atoms with Crippen molar-refractivity contribution in [3.63, 3.8) is 0 Å². The van der Waals surface area contributed by atoms with E-state index in [0.29, 0.717) is 18.3 Å². The van der Waals surface area contributed by atoms with Gasteiger partial charge in [-0.15, -0.1) is 10.2 Å². The minimum atomic E-state index is 0.631. The molecule has 0 atom stereocenters. The lowest BCUT2D eigenvalue weighted by atomic mass is 10.00. The van der Waals surface area contributed by atoms with Gasteiger partial charge in [0.2, 0.25) is 11.8 Å². The highest BCUT2D eigenvalue weighted by Gasteiger charge is 2.18. The normalized spacial score (nSPS) is 14.7. The third-order valence-electron chi connectivity index (χ3n) is 3.34. The highest BCUT2D eigenvalue weighted by molar-refractivity contribution is 5.56. The molecule has 1 aromatic carbocycles. The number of fused-ring (bicyclic) bond motifs is 1. The molecule has 0 saturated heterocycles. The van der Waals surface area contributed by atoms with Gasteiger partial charge < -0.3 is 9.32 Å². The van der Waals surface area contributed by atoms with Crippen molar-refractivity contribution >= 4 is 5.69 Å². The summed E-state index contributed by atoms with van der Waals surface area (Å²) >= 11 is 0. The molecule has 2 aromatic rings. The second-order valence-electron chi connectivity index (χ2n) is 4.87. The van der Waals surface area contributed by atoms with Gasteiger partial charge in [0.15, 0.2) is 0 Å². The summed E-state index contributed by atoms with van der Waals surface area (Å²) in [6.45, 7) is 5.72. The Labute approximate surface area is 107 Å². The molecule has 0 radical (unpaired) electrons. The van der Waals surface area contributed by atoms with E-state index in [1.165, 1.54) is 23.2 Å². The van der Waals surface area contributed by atoms with Crippen LogP contribution in [0.2, 0.25) is 0 Å². The monoisotopic (exact) mass is 243 g/mol. The van der Waals surface area contributed by atoms with Gasteiger partial charge in [-0.1, -0.05) is 17.7 Å². The number of aryl methyl sites for hydroxylation is 3. The molecular weight excluding hydrogens is 226 g/mol. The number of aromatic nitrogens is 2. The van der Waals surface area contributed by atoms with Crippen molar-refractivity contribution in [2.45, 2.75) is 33.2 Å². The van der Waals surface area contributed by atoms with Gasteiger partial charge in [0.1, 0.15) is 0 Å². The standard InChI is InChI=1S/C14H17N3O/c1-10-5-6-13-12(8-10)4-3-7-17(13)9-14-16-15-11(2)18-14/h5-6,8H,3-4,7,9H2,1-2H3. The summed E-state index contributed by atoms with van der Waals surface area (Å²) < 4.78 is 5.46. The minimum Gasteiger partial charge on any atom is -0.424 e. The molecule has 4 heteroatoms. The lowest BCUT2D eigenvalue weighted by molar-refractivity contribution is 0.459. The molecule has 94 valence electrons. The smallest absolute Gasteiger partial charge is 0.235 e. The summed E-state index contributed by atoms with van der Waals surface area (Å²) in [6, 6.07) is 6.64. The predicted molar refractivity (Wildman–Crippen MR) is 69.6 cm³/mol. The van der Waals surface area contributed by atoms with Gasteiger partial charge >= 0.3 is 0 Å². The van der Waals surface area contributed by atoms with Crippen LogP contribution in [0.4, 0.5) is 5.69 Å². The first-order valence-electron chi connectivity index (χ1n) is 6.36. The van der Waals surface area contributed by atoms with Gasteiger partial charge in [-0.25, -0.2) is 0 Å². The number of hydrogen-bond acceptors (Lipinski definition) is 4. The van der Waals surface area contributed by atoms with Crippen molar-refractivity contribution in [1.29, 1.82) is 0 Å². The maximum Gasteiger partial charge on any atom is 0.235 e. The van der Waals surface area contributed by atoms with E-state index in [1.807, 2.05) is 6.92 Å². The van der Waals surface area contributed by atoms with Crippen LogP contribution in [0.5, 0.6) is 0 Å². The van der Waals surface area contributed by atoms with Crippen molar-refractivity contribution in [1.82, 2.24) is 10.2 Å². The third-order valence-corrected chi connectivity index (χ3v) is 3.34. The maximum absolute atomic E-state index is 5.46. The van der Waals surface area contributed by atoms with Gasteiger partial charge in [0.25, 0.3) is 0 Å². The number of hydrogen-bond donors (Lipinski definition) is 0.